The minimum atomic E-state index is -0.355. The molecule has 0 bridgehead atoms. The van der Waals surface area contributed by atoms with Gasteiger partial charge in [-0.3, -0.25) is 14.9 Å². The van der Waals surface area contributed by atoms with E-state index in [0.717, 1.165) is 31.4 Å². The van der Waals surface area contributed by atoms with Crippen LogP contribution in [0.2, 0.25) is 0 Å². The number of ether oxygens (including phenoxy) is 1. The third-order valence-electron chi connectivity index (χ3n) is 3.89. The van der Waals surface area contributed by atoms with Gasteiger partial charge < -0.3 is 9.64 Å². The molecular formula is C15H20N2O4. The summed E-state index contributed by atoms with van der Waals surface area (Å²) in [6.07, 6.45) is 3.11. The number of nitro benzene ring substituents is 1. The number of piperidine rings is 1. The summed E-state index contributed by atoms with van der Waals surface area (Å²) < 4.78 is 4.73. The maximum absolute atomic E-state index is 11.5. The number of esters is 1. The van der Waals surface area contributed by atoms with Gasteiger partial charge in [-0.05, 0) is 37.8 Å². The average molecular weight is 292 g/mol. The van der Waals surface area contributed by atoms with Crippen molar-refractivity contribution in [1.29, 1.82) is 0 Å². The van der Waals surface area contributed by atoms with Crippen LogP contribution in [0.4, 0.5) is 11.4 Å². The first kappa shape index (κ1) is 15.3. The molecular weight excluding hydrogens is 272 g/mol. The summed E-state index contributed by atoms with van der Waals surface area (Å²) in [5, 5.41) is 11.3. The average Bonchev–Trinajstić information content (AvgIpc) is 2.47. The summed E-state index contributed by atoms with van der Waals surface area (Å²) in [7, 11) is 1.36. The van der Waals surface area contributed by atoms with Crippen molar-refractivity contribution in [3.8, 4) is 0 Å². The zero-order valence-corrected chi connectivity index (χ0v) is 12.4. The summed E-state index contributed by atoms with van der Waals surface area (Å²) in [4.78, 5) is 24.5. The molecule has 1 aromatic carbocycles. The van der Waals surface area contributed by atoms with Crippen LogP contribution in [0.1, 0.15) is 31.2 Å². The number of methoxy groups -OCH3 is 1. The van der Waals surface area contributed by atoms with Crippen molar-refractivity contribution in [3.05, 3.63) is 33.9 Å². The largest absolute Gasteiger partial charge is 0.469 e. The van der Waals surface area contributed by atoms with Crippen molar-refractivity contribution in [3.63, 3.8) is 0 Å². The normalized spacial score (nSPS) is 18.4. The van der Waals surface area contributed by atoms with Gasteiger partial charge in [-0.1, -0.05) is 6.07 Å². The number of anilines is 1. The van der Waals surface area contributed by atoms with E-state index in [0.29, 0.717) is 5.69 Å². The van der Waals surface area contributed by atoms with Gasteiger partial charge >= 0.3 is 5.97 Å². The molecule has 2 rings (SSSR count). The van der Waals surface area contributed by atoms with Crippen LogP contribution in [-0.4, -0.2) is 30.6 Å². The molecule has 1 saturated heterocycles. The van der Waals surface area contributed by atoms with Gasteiger partial charge in [-0.2, -0.15) is 0 Å². The molecule has 1 atom stereocenters. The van der Waals surface area contributed by atoms with E-state index in [-0.39, 0.29) is 29.0 Å². The smallest absolute Gasteiger partial charge is 0.307 e. The molecule has 1 fully saturated rings. The zero-order valence-electron chi connectivity index (χ0n) is 12.4. The van der Waals surface area contributed by atoms with E-state index in [9.17, 15) is 14.9 Å². The number of aryl methyl sites for hydroxylation is 1. The standard InChI is InChI=1S/C15H20N2O4/c1-11-6-7-13(14(9-11)17(19)20)16-8-4-3-5-12(16)10-15(18)21-2/h6-7,9,12H,3-5,8,10H2,1-2H3. The lowest BCUT2D eigenvalue weighted by Crippen LogP contribution is -2.41. The number of benzene rings is 1. The summed E-state index contributed by atoms with van der Waals surface area (Å²) in [5.41, 5.74) is 1.55. The fraction of sp³-hybridized carbons (Fsp3) is 0.533. The fourth-order valence-corrected chi connectivity index (χ4v) is 2.83. The zero-order chi connectivity index (χ0) is 15.4. The van der Waals surface area contributed by atoms with Crippen molar-refractivity contribution in [2.75, 3.05) is 18.6 Å². The van der Waals surface area contributed by atoms with E-state index in [1.807, 2.05) is 17.9 Å². The van der Waals surface area contributed by atoms with Crippen LogP contribution < -0.4 is 4.90 Å². The van der Waals surface area contributed by atoms with Crippen molar-refractivity contribution in [1.82, 2.24) is 0 Å². The van der Waals surface area contributed by atoms with Crippen LogP contribution in [0.25, 0.3) is 0 Å². The molecule has 1 aliphatic heterocycles. The van der Waals surface area contributed by atoms with E-state index < -0.39 is 0 Å². The Morgan fingerprint density at radius 1 is 1.48 bits per heavy atom. The van der Waals surface area contributed by atoms with Crippen LogP contribution in [0.5, 0.6) is 0 Å². The predicted octanol–water partition coefficient (Wildman–Crippen LogP) is 2.83. The minimum absolute atomic E-state index is 0.0346. The molecule has 0 aromatic heterocycles. The van der Waals surface area contributed by atoms with Gasteiger partial charge in [0.1, 0.15) is 5.69 Å². The first-order valence-electron chi connectivity index (χ1n) is 7.11. The van der Waals surface area contributed by atoms with Gasteiger partial charge in [0.25, 0.3) is 5.69 Å². The Kier molecular flexibility index (Phi) is 4.77. The molecule has 6 heteroatoms. The van der Waals surface area contributed by atoms with E-state index in [2.05, 4.69) is 0 Å². The number of hydrogen-bond acceptors (Lipinski definition) is 5. The second kappa shape index (κ2) is 6.56. The topological polar surface area (TPSA) is 72.7 Å². The molecule has 1 aliphatic rings. The molecule has 1 heterocycles. The van der Waals surface area contributed by atoms with Gasteiger partial charge in [-0.25, -0.2) is 0 Å². The molecule has 0 spiro atoms. The lowest BCUT2D eigenvalue weighted by atomic mass is 9.98. The van der Waals surface area contributed by atoms with Crippen LogP contribution >= 0.6 is 0 Å². The first-order chi connectivity index (χ1) is 10.0. The number of carbonyl (C=O) groups excluding carboxylic acids is 1. The summed E-state index contributed by atoms with van der Waals surface area (Å²) >= 11 is 0. The summed E-state index contributed by atoms with van der Waals surface area (Å²) in [6.45, 7) is 2.56. The maximum atomic E-state index is 11.5. The summed E-state index contributed by atoms with van der Waals surface area (Å²) in [6, 6.07) is 5.20. The molecule has 0 amide bonds. The Labute approximate surface area is 123 Å². The second-order valence-corrected chi connectivity index (χ2v) is 5.37. The highest BCUT2D eigenvalue weighted by atomic mass is 16.6. The molecule has 21 heavy (non-hydrogen) atoms. The van der Waals surface area contributed by atoms with Gasteiger partial charge in [0, 0.05) is 18.7 Å². The molecule has 0 aliphatic carbocycles. The van der Waals surface area contributed by atoms with Gasteiger partial charge in [0.2, 0.25) is 0 Å². The van der Waals surface area contributed by atoms with Crippen molar-refractivity contribution in [2.24, 2.45) is 0 Å². The molecule has 6 nitrogen and oxygen atoms in total. The van der Waals surface area contributed by atoms with Crippen molar-refractivity contribution < 1.29 is 14.5 Å². The summed E-state index contributed by atoms with van der Waals surface area (Å²) in [5.74, 6) is -0.276. The van der Waals surface area contributed by atoms with Crippen molar-refractivity contribution in [2.45, 2.75) is 38.6 Å². The number of hydrogen-bond donors (Lipinski definition) is 0. The highest BCUT2D eigenvalue weighted by Crippen LogP contribution is 2.34. The lowest BCUT2D eigenvalue weighted by Gasteiger charge is -2.36. The lowest BCUT2D eigenvalue weighted by molar-refractivity contribution is -0.384. The molecule has 0 saturated carbocycles. The number of rotatable bonds is 4. The van der Waals surface area contributed by atoms with Gasteiger partial charge in [0.05, 0.1) is 18.5 Å². The molecule has 114 valence electrons. The Bertz CT molecular complexity index is 544. The van der Waals surface area contributed by atoms with Crippen molar-refractivity contribution >= 4 is 17.3 Å². The Morgan fingerprint density at radius 2 is 2.24 bits per heavy atom. The van der Waals surface area contributed by atoms with E-state index >= 15 is 0 Å². The monoisotopic (exact) mass is 292 g/mol. The molecule has 1 unspecified atom stereocenters. The van der Waals surface area contributed by atoms with Crippen LogP contribution in [0.3, 0.4) is 0 Å². The third-order valence-corrected chi connectivity index (χ3v) is 3.89. The predicted molar refractivity (Wildman–Crippen MR) is 79.5 cm³/mol. The highest BCUT2D eigenvalue weighted by molar-refractivity contribution is 5.72. The maximum Gasteiger partial charge on any atom is 0.307 e. The van der Waals surface area contributed by atoms with Crippen LogP contribution in [0, 0.1) is 17.0 Å². The fourth-order valence-electron chi connectivity index (χ4n) is 2.83. The number of nitrogens with zero attached hydrogens (tertiary/aromatic N) is 2. The van der Waals surface area contributed by atoms with E-state index in [1.165, 1.54) is 7.11 Å². The highest BCUT2D eigenvalue weighted by Gasteiger charge is 2.29. The SMILES string of the molecule is COC(=O)CC1CCCCN1c1ccc(C)cc1[N+](=O)[O-]. The molecule has 0 radical (unpaired) electrons. The molecule has 1 aromatic rings. The first-order valence-corrected chi connectivity index (χ1v) is 7.11. The van der Waals surface area contributed by atoms with Gasteiger partial charge in [-0.15, -0.1) is 0 Å². The van der Waals surface area contributed by atoms with E-state index in [1.54, 1.807) is 12.1 Å². The number of nitro groups is 1. The van der Waals surface area contributed by atoms with E-state index in [4.69, 9.17) is 4.74 Å². The third kappa shape index (κ3) is 3.51. The quantitative estimate of drug-likeness (QED) is 0.484. The van der Waals surface area contributed by atoms with Gasteiger partial charge in [0.15, 0.2) is 0 Å². The second-order valence-electron chi connectivity index (χ2n) is 5.37. The Morgan fingerprint density at radius 3 is 2.90 bits per heavy atom. The minimum Gasteiger partial charge on any atom is -0.469 e. The Balaban J connectivity index is 2.33. The number of carbonyl (C=O) groups is 1. The molecule has 0 N–H and O–H groups in total. The van der Waals surface area contributed by atoms with Crippen LogP contribution in [0.15, 0.2) is 18.2 Å². The van der Waals surface area contributed by atoms with Crippen LogP contribution in [-0.2, 0) is 9.53 Å². The Hall–Kier alpha value is -2.11.